The van der Waals surface area contributed by atoms with Gasteiger partial charge < -0.3 is 20.5 Å². The third-order valence-corrected chi connectivity index (χ3v) is 4.68. The van der Waals surface area contributed by atoms with E-state index in [1.165, 1.54) is 12.1 Å². The number of aliphatic hydroxyl groups is 1. The molecule has 1 aliphatic heterocycles. The Morgan fingerprint density at radius 1 is 1.19 bits per heavy atom. The molecule has 9 heteroatoms. The summed E-state index contributed by atoms with van der Waals surface area (Å²) in [4.78, 5) is 24.3. The number of hydrogen-bond donors (Lipinski definition) is 3. The SMILES string of the molecule is O=C1NC(=S)NC(=O)C1[C@@H](O)c1cc(Br)ccc1OCc1ccccc1F. The van der Waals surface area contributed by atoms with Gasteiger partial charge in [-0.1, -0.05) is 34.1 Å². The van der Waals surface area contributed by atoms with Crippen molar-refractivity contribution < 1.29 is 23.8 Å². The van der Waals surface area contributed by atoms with Gasteiger partial charge in [0, 0.05) is 15.6 Å². The Hall–Kier alpha value is -2.36. The van der Waals surface area contributed by atoms with E-state index in [0.29, 0.717) is 10.0 Å². The Balaban J connectivity index is 1.87. The molecule has 2 aromatic carbocycles. The van der Waals surface area contributed by atoms with E-state index in [-0.39, 0.29) is 23.0 Å². The van der Waals surface area contributed by atoms with Crippen LogP contribution in [0.1, 0.15) is 17.2 Å². The summed E-state index contributed by atoms with van der Waals surface area (Å²) in [5.41, 5.74) is 0.545. The Morgan fingerprint density at radius 2 is 1.85 bits per heavy atom. The van der Waals surface area contributed by atoms with Crippen molar-refractivity contribution in [3.63, 3.8) is 0 Å². The van der Waals surface area contributed by atoms with Crippen LogP contribution in [0.25, 0.3) is 0 Å². The van der Waals surface area contributed by atoms with Crippen molar-refractivity contribution in [1.29, 1.82) is 0 Å². The standard InChI is InChI=1S/C18H14BrFN2O4S/c19-10-5-6-13(26-8-9-3-1-2-4-12(9)20)11(7-10)15(23)14-16(24)21-18(27)22-17(14)25/h1-7,14-15,23H,8H2,(H2,21,22,24,25,27)/t15-/m0/s1. The molecule has 2 aromatic rings. The van der Waals surface area contributed by atoms with Crippen molar-refractivity contribution in [1.82, 2.24) is 10.6 Å². The van der Waals surface area contributed by atoms with E-state index in [4.69, 9.17) is 17.0 Å². The normalized spacial score (nSPS) is 15.9. The maximum atomic E-state index is 13.8. The Kier molecular flexibility index (Phi) is 5.83. The minimum atomic E-state index is -1.48. The van der Waals surface area contributed by atoms with E-state index in [1.807, 2.05) is 0 Å². The van der Waals surface area contributed by atoms with E-state index < -0.39 is 29.7 Å². The predicted octanol–water partition coefficient (Wildman–Crippen LogP) is 2.35. The number of carbonyl (C=O) groups is 2. The number of hydrogen-bond acceptors (Lipinski definition) is 5. The maximum absolute atomic E-state index is 13.8. The highest BCUT2D eigenvalue weighted by atomic mass is 79.9. The summed E-state index contributed by atoms with van der Waals surface area (Å²) in [6.07, 6.45) is -1.48. The van der Waals surface area contributed by atoms with Crippen LogP contribution in [0.3, 0.4) is 0 Å². The second kappa shape index (κ2) is 8.12. The summed E-state index contributed by atoms with van der Waals surface area (Å²) >= 11 is 8.04. The summed E-state index contributed by atoms with van der Waals surface area (Å²) in [7, 11) is 0. The Labute approximate surface area is 167 Å². The van der Waals surface area contributed by atoms with Crippen LogP contribution in [0.4, 0.5) is 4.39 Å². The molecular formula is C18H14BrFN2O4S. The third kappa shape index (κ3) is 4.32. The van der Waals surface area contributed by atoms with Gasteiger partial charge in [0.1, 0.15) is 30.2 Å². The van der Waals surface area contributed by atoms with Crippen LogP contribution in [-0.2, 0) is 16.2 Å². The first-order chi connectivity index (χ1) is 12.9. The van der Waals surface area contributed by atoms with Gasteiger partial charge in [-0.25, -0.2) is 4.39 Å². The van der Waals surface area contributed by atoms with E-state index in [2.05, 4.69) is 26.6 Å². The van der Waals surface area contributed by atoms with E-state index in [1.54, 1.807) is 30.3 Å². The van der Waals surface area contributed by atoms with Crippen LogP contribution in [0, 0.1) is 11.7 Å². The first-order valence-corrected chi connectivity index (χ1v) is 9.06. The summed E-state index contributed by atoms with van der Waals surface area (Å²) in [6, 6.07) is 10.9. The molecule has 2 amide bonds. The molecule has 1 fully saturated rings. The molecular weight excluding hydrogens is 439 g/mol. The molecule has 6 nitrogen and oxygen atoms in total. The van der Waals surface area contributed by atoms with Gasteiger partial charge in [0.2, 0.25) is 11.8 Å². The first kappa shape index (κ1) is 19.4. The van der Waals surface area contributed by atoms with Gasteiger partial charge in [0.05, 0.1) is 0 Å². The Bertz CT molecular complexity index is 904. The summed E-state index contributed by atoms with van der Waals surface area (Å²) < 4.78 is 20.1. The van der Waals surface area contributed by atoms with Gasteiger partial charge in [-0.3, -0.25) is 9.59 Å². The number of carbonyl (C=O) groups excluding carboxylic acids is 2. The van der Waals surface area contributed by atoms with Crippen LogP contribution in [0.2, 0.25) is 0 Å². The lowest BCUT2D eigenvalue weighted by Gasteiger charge is -2.27. The fourth-order valence-corrected chi connectivity index (χ4v) is 3.23. The lowest BCUT2D eigenvalue weighted by atomic mass is 9.92. The van der Waals surface area contributed by atoms with E-state index in [0.717, 1.165) is 0 Å². The molecule has 27 heavy (non-hydrogen) atoms. The number of halogens is 2. The van der Waals surface area contributed by atoms with Crippen molar-refractivity contribution in [3.8, 4) is 5.75 Å². The quantitative estimate of drug-likeness (QED) is 0.478. The number of ether oxygens (including phenoxy) is 1. The molecule has 1 heterocycles. The predicted molar refractivity (Wildman–Crippen MR) is 102 cm³/mol. The highest BCUT2D eigenvalue weighted by Gasteiger charge is 2.40. The molecule has 140 valence electrons. The molecule has 3 rings (SSSR count). The van der Waals surface area contributed by atoms with Gasteiger partial charge in [-0.2, -0.15) is 0 Å². The number of nitrogens with one attached hydrogen (secondary N) is 2. The molecule has 0 aromatic heterocycles. The van der Waals surface area contributed by atoms with Crippen molar-refractivity contribution in [2.24, 2.45) is 5.92 Å². The number of rotatable bonds is 5. The fraction of sp³-hybridized carbons (Fsp3) is 0.167. The molecule has 0 saturated carbocycles. The van der Waals surface area contributed by atoms with Crippen molar-refractivity contribution in [2.45, 2.75) is 12.7 Å². The van der Waals surface area contributed by atoms with Crippen molar-refractivity contribution in [3.05, 3.63) is 63.9 Å². The second-order valence-corrected chi connectivity index (χ2v) is 7.12. The monoisotopic (exact) mass is 452 g/mol. The number of amides is 2. The highest BCUT2D eigenvalue weighted by Crippen LogP contribution is 2.34. The second-order valence-electron chi connectivity index (χ2n) is 5.79. The lowest BCUT2D eigenvalue weighted by Crippen LogP contribution is -2.57. The zero-order chi connectivity index (χ0) is 19.6. The molecule has 0 spiro atoms. The number of benzene rings is 2. The molecule has 0 unspecified atom stereocenters. The minimum absolute atomic E-state index is 0.0822. The Morgan fingerprint density at radius 3 is 2.52 bits per heavy atom. The van der Waals surface area contributed by atoms with Crippen LogP contribution in [0.15, 0.2) is 46.9 Å². The van der Waals surface area contributed by atoms with Gasteiger partial charge in [0.25, 0.3) is 0 Å². The van der Waals surface area contributed by atoms with Gasteiger partial charge in [-0.15, -0.1) is 0 Å². The first-order valence-electron chi connectivity index (χ1n) is 7.86. The minimum Gasteiger partial charge on any atom is -0.488 e. The molecule has 0 radical (unpaired) electrons. The van der Waals surface area contributed by atoms with Crippen LogP contribution < -0.4 is 15.4 Å². The average molecular weight is 453 g/mol. The zero-order valence-electron chi connectivity index (χ0n) is 13.7. The highest BCUT2D eigenvalue weighted by molar-refractivity contribution is 9.10. The molecule has 0 aliphatic carbocycles. The van der Waals surface area contributed by atoms with Crippen LogP contribution in [-0.4, -0.2) is 22.0 Å². The fourth-order valence-electron chi connectivity index (χ4n) is 2.65. The van der Waals surface area contributed by atoms with Gasteiger partial charge in [-0.05, 0) is 36.5 Å². The average Bonchev–Trinajstić information content (AvgIpc) is 2.61. The van der Waals surface area contributed by atoms with E-state index in [9.17, 15) is 19.1 Å². The van der Waals surface area contributed by atoms with Crippen LogP contribution in [0.5, 0.6) is 5.75 Å². The lowest BCUT2D eigenvalue weighted by molar-refractivity contribution is -0.140. The van der Waals surface area contributed by atoms with E-state index >= 15 is 0 Å². The van der Waals surface area contributed by atoms with Crippen molar-refractivity contribution >= 4 is 45.1 Å². The third-order valence-electron chi connectivity index (χ3n) is 3.99. The number of aliphatic hydroxyl groups excluding tert-OH is 1. The topological polar surface area (TPSA) is 87.7 Å². The molecule has 3 N–H and O–H groups in total. The van der Waals surface area contributed by atoms with Crippen LogP contribution >= 0.6 is 28.1 Å². The smallest absolute Gasteiger partial charge is 0.241 e. The maximum Gasteiger partial charge on any atom is 0.241 e. The molecule has 0 bridgehead atoms. The molecule has 1 atom stereocenters. The summed E-state index contributed by atoms with van der Waals surface area (Å²) in [5, 5.41) is 15.2. The summed E-state index contributed by atoms with van der Waals surface area (Å²) in [6.45, 7) is -0.0822. The number of thiocarbonyl (C=S) groups is 1. The summed E-state index contributed by atoms with van der Waals surface area (Å²) in [5.74, 6) is -3.02. The molecule has 1 saturated heterocycles. The zero-order valence-corrected chi connectivity index (χ0v) is 16.1. The largest absolute Gasteiger partial charge is 0.488 e. The van der Waals surface area contributed by atoms with Gasteiger partial charge in [0.15, 0.2) is 5.11 Å². The van der Waals surface area contributed by atoms with Gasteiger partial charge >= 0.3 is 0 Å². The van der Waals surface area contributed by atoms with Crippen molar-refractivity contribution in [2.75, 3.05) is 0 Å². The molecule has 1 aliphatic rings.